The molecule has 0 aliphatic rings. The summed E-state index contributed by atoms with van der Waals surface area (Å²) in [5, 5.41) is 3.54. The molecule has 0 bridgehead atoms. The first-order valence-corrected chi connectivity index (χ1v) is 8.31. The highest BCUT2D eigenvalue weighted by Gasteiger charge is 2.21. The van der Waals surface area contributed by atoms with Gasteiger partial charge in [-0.15, -0.1) is 0 Å². The van der Waals surface area contributed by atoms with Crippen LogP contribution in [0.2, 0.25) is 0 Å². The van der Waals surface area contributed by atoms with Gasteiger partial charge in [-0.05, 0) is 36.5 Å². The number of nitrogens with zero attached hydrogens (tertiary/aromatic N) is 2. The van der Waals surface area contributed by atoms with Gasteiger partial charge in [-0.3, -0.25) is 4.79 Å². The van der Waals surface area contributed by atoms with Gasteiger partial charge < -0.3 is 15.0 Å². The molecule has 6 nitrogen and oxygen atoms in total. The fraction of sp³-hybridized carbons (Fsp3) is 0.353. The molecule has 24 heavy (non-hydrogen) atoms. The summed E-state index contributed by atoms with van der Waals surface area (Å²) in [5.41, 5.74) is 3.16. The van der Waals surface area contributed by atoms with Gasteiger partial charge in [0.15, 0.2) is 6.61 Å². The van der Waals surface area contributed by atoms with Crippen molar-refractivity contribution in [2.24, 2.45) is 0 Å². The molecule has 2 rings (SSSR count). The number of ether oxygens (including phenoxy) is 1. The summed E-state index contributed by atoms with van der Waals surface area (Å²) in [5.74, 6) is -0.790. The lowest BCUT2D eigenvalue weighted by molar-refractivity contribution is -0.133. The van der Waals surface area contributed by atoms with E-state index in [0.717, 1.165) is 11.1 Å². The Morgan fingerprint density at radius 2 is 2.00 bits per heavy atom. The highest BCUT2D eigenvalue weighted by Crippen LogP contribution is 2.24. The normalized spacial score (nSPS) is 10.3. The van der Waals surface area contributed by atoms with Crippen LogP contribution in [-0.4, -0.2) is 41.9 Å². The van der Waals surface area contributed by atoms with Crippen LogP contribution in [0.25, 0.3) is 0 Å². The van der Waals surface area contributed by atoms with E-state index in [9.17, 15) is 9.59 Å². The van der Waals surface area contributed by atoms with E-state index in [-0.39, 0.29) is 12.5 Å². The molecule has 0 fully saturated rings. The number of hydrogen-bond acceptors (Lipinski definition) is 6. The highest BCUT2D eigenvalue weighted by molar-refractivity contribution is 7.10. The molecule has 2 aromatic rings. The average molecular weight is 347 g/mol. The molecule has 1 N–H and O–H groups in total. The minimum absolute atomic E-state index is 0.251. The molecule has 0 spiro atoms. The molecule has 1 aromatic heterocycles. The molecular weight excluding hydrogens is 326 g/mol. The second-order valence-corrected chi connectivity index (χ2v) is 6.25. The zero-order chi connectivity index (χ0) is 17.7. The Hall–Kier alpha value is -2.41. The van der Waals surface area contributed by atoms with Crippen molar-refractivity contribution in [3.63, 3.8) is 0 Å². The maximum absolute atomic E-state index is 12.2. The van der Waals surface area contributed by atoms with E-state index in [1.807, 2.05) is 31.2 Å². The number of rotatable bonds is 6. The number of likely N-dealkylation sites (N-methyl/N-ethyl adjacent to an activating group) is 1. The summed E-state index contributed by atoms with van der Waals surface area (Å²) >= 11 is 1.19. The van der Waals surface area contributed by atoms with Crippen molar-refractivity contribution in [2.75, 3.05) is 26.0 Å². The molecule has 1 amide bonds. The second-order valence-electron chi connectivity index (χ2n) is 5.47. The lowest BCUT2D eigenvalue weighted by Crippen LogP contribution is -2.31. The minimum atomic E-state index is -0.539. The number of hydrogen-bond donors (Lipinski definition) is 1. The Morgan fingerprint density at radius 1 is 1.29 bits per heavy atom. The standard InChI is InChI=1S/C17H21N3O3S/c1-11-7-5-6-8-13(11)9-20(4)14(21)10-23-17(22)15-12(2)19-24-16(15)18-3/h5-8,18H,9-10H2,1-4H3. The van der Waals surface area contributed by atoms with E-state index in [0.29, 0.717) is 22.8 Å². The number of nitrogens with one attached hydrogen (secondary N) is 1. The molecule has 0 saturated carbocycles. The van der Waals surface area contributed by atoms with E-state index in [2.05, 4.69) is 9.69 Å². The molecule has 1 aromatic carbocycles. The van der Waals surface area contributed by atoms with Crippen LogP contribution >= 0.6 is 11.5 Å². The van der Waals surface area contributed by atoms with Crippen LogP contribution in [0.1, 0.15) is 27.2 Å². The summed E-state index contributed by atoms with van der Waals surface area (Å²) in [6, 6.07) is 7.87. The topological polar surface area (TPSA) is 71.5 Å². The number of amides is 1. The van der Waals surface area contributed by atoms with Gasteiger partial charge in [-0.25, -0.2) is 4.79 Å². The van der Waals surface area contributed by atoms with Crippen LogP contribution < -0.4 is 5.32 Å². The summed E-state index contributed by atoms with van der Waals surface area (Å²) in [7, 11) is 3.41. The van der Waals surface area contributed by atoms with Crippen molar-refractivity contribution in [1.82, 2.24) is 9.27 Å². The Morgan fingerprint density at radius 3 is 2.67 bits per heavy atom. The SMILES string of the molecule is CNc1snc(C)c1C(=O)OCC(=O)N(C)Cc1ccccc1C. The van der Waals surface area contributed by atoms with Gasteiger partial charge in [0.1, 0.15) is 10.6 Å². The maximum atomic E-state index is 12.2. The van der Waals surface area contributed by atoms with Crippen molar-refractivity contribution in [2.45, 2.75) is 20.4 Å². The van der Waals surface area contributed by atoms with Gasteiger partial charge in [-0.2, -0.15) is 4.37 Å². The lowest BCUT2D eigenvalue weighted by Gasteiger charge is -2.18. The van der Waals surface area contributed by atoms with Gasteiger partial charge in [-0.1, -0.05) is 24.3 Å². The third-order valence-corrected chi connectivity index (χ3v) is 4.67. The molecule has 0 radical (unpaired) electrons. The first-order chi connectivity index (χ1) is 11.4. The molecule has 0 aliphatic heterocycles. The predicted octanol–water partition coefficient (Wildman–Crippen LogP) is 2.62. The zero-order valence-corrected chi connectivity index (χ0v) is 15.1. The molecule has 0 saturated heterocycles. The van der Waals surface area contributed by atoms with Crippen LogP contribution in [-0.2, 0) is 16.1 Å². The maximum Gasteiger partial charge on any atom is 0.343 e. The number of aryl methyl sites for hydroxylation is 2. The number of anilines is 1. The zero-order valence-electron chi connectivity index (χ0n) is 14.3. The van der Waals surface area contributed by atoms with Crippen LogP contribution in [0.4, 0.5) is 5.00 Å². The largest absolute Gasteiger partial charge is 0.452 e. The van der Waals surface area contributed by atoms with E-state index in [4.69, 9.17) is 4.74 Å². The number of aromatic nitrogens is 1. The Kier molecular flexibility index (Phi) is 5.92. The summed E-state index contributed by atoms with van der Waals surface area (Å²) < 4.78 is 9.28. The summed E-state index contributed by atoms with van der Waals surface area (Å²) in [4.78, 5) is 25.9. The summed E-state index contributed by atoms with van der Waals surface area (Å²) in [6.45, 7) is 3.92. The van der Waals surface area contributed by atoms with E-state index in [1.165, 1.54) is 11.5 Å². The molecule has 0 atom stereocenters. The third-order valence-electron chi connectivity index (χ3n) is 3.72. The molecule has 1 heterocycles. The van der Waals surface area contributed by atoms with Crippen molar-refractivity contribution in [1.29, 1.82) is 0 Å². The van der Waals surface area contributed by atoms with Crippen molar-refractivity contribution in [3.8, 4) is 0 Å². The minimum Gasteiger partial charge on any atom is -0.452 e. The van der Waals surface area contributed by atoms with E-state index >= 15 is 0 Å². The predicted molar refractivity (Wildman–Crippen MR) is 94.3 cm³/mol. The van der Waals surface area contributed by atoms with Crippen LogP contribution in [0.5, 0.6) is 0 Å². The highest BCUT2D eigenvalue weighted by atomic mass is 32.1. The number of benzene rings is 1. The van der Waals surface area contributed by atoms with E-state index in [1.54, 1.807) is 25.9 Å². The Balaban J connectivity index is 1.94. The van der Waals surface area contributed by atoms with Crippen molar-refractivity contribution in [3.05, 3.63) is 46.6 Å². The van der Waals surface area contributed by atoms with Gasteiger partial charge in [0, 0.05) is 20.6 Å². The van der Waals surface area contributed by atoms with Crippen molar-refractivity contribution >= 4 is 28.4 Å². The number of carbonyl (C=O) groups excluding carboxylic acids is 2. The van der Waals surface area contributed by atoms with E-state index < -0.39 is 5.97 Å². The lowest BCUT2D eigenvalue weighted by atomic mass is 10.1. The number of esters is 1. The van der Waals surface area contributed by atoms with Gasteiger partial charge >= 0.3 is 5.97 Å². The monoisotopic (exact) mass is 347 g/mol. The average Bonchev–Trinajstić information content (AvgIpc) is 2.95. The van der Waals surface area contributed by atoms with Gasteiger partial charge in [0.25, 0.3) is 5.91 Å². The quantitative estimate of drug-likeness (QED) is 0.813. The molecule has 0 unspecified atom stereocenters. The summed E-state index contributed by atoms with van der Waals surface area (Å²) in [6.07, 6.45) is 0. The molecule has 128 valence electrons. The smallest absolute Gasteiger partial charge is 0.343 e. The molecule has 0 aliphatic carbocycles. The van der Waals surface area contributed by atoms with Gasteiger partial charge in [0.2, 0.25) is 0 Å². The Labute approximate surface area is 145 Å². The third kappa shape index (κ3) is 4.11. The van der Waals surface area contributed by atoms with Crippen LogP contribution in [0.3, 0.4) is 0 Å². The number of carbonyl (C=O) groups is 2. The fourth-order valence-corrected chi connectivity index (χ4v) is 2.95. The Bertz CT molecular complexity index is 742. The first kappa shape index (κ1) is 17.9. The molecular formula is C17H21N3O3S. The van der Waals surface area contributed by atoms with Crippen LogP contribution in [0, 0.1) is 13.8 Å². The first-order valence-electron chi connectivity index (χ1n) is 7.53. The van der Waals surface area contributed by atoms with Crippen molar-refractivity contribution < 1.29 is 14.3 Å². The fourth-order valence-electron chi connectivity index (χ4n) is 2.22. The molecule has 7 heteroatoms. The van der Waals surface area contributed by atoms with Gasteiger partial charge in [0.05, 0.1) is 5.69 Å². The second kappa shape index (κ2) is 7.92. The van der Waals surface area contributed by atoms with Crippen LogP contribution in [0.15, 0.2) is 24.3 Å².